The normalized spacial score (nSPS) is 11.3. The first kappa shape index (κ1) is 20.1. The summed E-state index contributed by atoms with van der Waals surface area (Å²) in [7, 11) is 0. The van der Waals surface area contributed by atoms with Gasteiger partial charge in [-0.25, -0.2) is 9.59 Å². The third kappa shape index (κ3) is 4.45. The van der Waals surface area contributed by atoms with E-state index in [0.29, 0.717) is 24.6 Å². The molecule has 150 valence electrons. The molecule has 0 amide bonds. The van der Waals surface area contributed by atoms with E-state index < -0.39 is 11.9 Å². The van der Waals surface area contributed by atoms with Crippen LogP contribution in [0.25, 0.3) is 22.0 Å². The van der Waals surface area contributed by atoms with Gasteiger partial charge in [0.15, 0.2) is 0 Å². The molecule has 0 saturated heterocycles. The summed E-state index contributed by atoms with van der Waals surface area (Å²) < 4.78 is 10.1. The van der Waals surface area contributed by atoms with E-state index in [1.54, 1.807) is 20.8 Å². The zero-order chi connectivity index (χ0) is 20.8. The lowest BCUT2D eigenvalue weighted by molar-refractivity contribution is -0.135. The highest BCUT2D eigenvalue weighted by Crippen LogP contribution is 2.33. The van der Waals surface area contributed by atoms with Crippen LogP contribution in [0.3, 0.4) is 0 Å². The molecular weight excluding hydrogens is 370 g/mol. The molecule has 7 heteroatoms. The van der Waals surface area contributed by atoms with Gasteiger partial charge in [-0.1, -0.05) is 30.3 Å². The summed E-state index contributed by atoms with van der Waals surface area (Å²) >= 11 is 0. The Labute approximate surface area is 168 Å². The van der Waals surface area contributed by atoms with Gasteiger partial charge in [-0.2, -0.15) is 5.10 Å². The number of nitrogens with one attached hydrogen (secondary N) is 2. The van der Waals surface area contributed by atoms with Crippen molar-refractivity contribution in [2.75, 3.05) is 18.6 Å². The second-order valence-electron chi connectivity index (χ2n) is 6.25. The minimum Gasteiger partial charge on any atom is -0.461 e. The average molecular weight is 393 g/mol. The van der Waals surface area contributed by atoms with E-state index in [2.05, 4.69) is 15.5 Å². The Bertz CT molecular complexity index is 1050. The summed E-state index contributed by atoms with van der Waals surface area (Å²) in [5.74, 6) is -0.856. The number of hydrogen-bond acceptors (Lipinski definition) is 6. The Kier molecular flexibility index (Phi) is 6.29. The van der Waals surface area contributed by atoms with Crippen molar-refractivity contribution in [3.63, 3.8) is 0 Å². The number of aromatic nitrogens is 1. The number of rotatable bonds is 7. The summed E-state index contributed by atoms with van der Waals surface area (Å²) in [4.78, 5) is 27.2. The van der Waals surface area contributed by atoms with E-state index in [0.717, 1.165) is 22.0 Å². The van der Waals surface area contributed by atoms with Gasteiger partial charge in [0.1, 0.15) is 11.4 Å². The van der Waals surface area contributed by atoms with Gasteiger partial charge in [0.25, 0.3) is 0 Å². The van der Waals surface area contributed by atoms with Crippen LogP contribution in [0.4, 0.5) is 5.69 Å². The molecule has 1 heterocycles. The predicted octanol–water partition coefficient (Wildman–Crippen LogP) is 4.36. The molecule has 2 aromatic carbocycles. The average Bonchev–Trinajstić information content (AvgIpc) is 3.12. The highest BCUT2D eigenvalue weighted by molar-refractivity contribution is 6.35. The molecule has 1 aromatic heterocycles. The van der Waals surface area contributed by atoms with Gasteiger partial charge >= 0.3 is 11.9 Å². The Hall–Kier alpha value is -3.61. The van der Waals surface area contributed by atoms with E-state index in [1.807, 2.05) is 48.5 Å². The third-order valence-electron chi connectivity index (χ3n) is 4.28. The van der Waals surface area contributed by atoms with Crippen LogP contribution in [0.5, 0.6) is 0 Å². The number of hydrogen-bond donors (Lipinski definition) is 2. The van der Waals surface area contributed by atoms with Crippen LogP contribution in [0.15, 0.2) is 53.6 Å². The minimum absolute atomic E-state index is 0.233. The Morgan fingerprint density at radius 2 is 1.69 bits per heavy atom. The zero-order valence-electron chi connectivity index (χ0n) is 16.6. The molecule has 3 aromatic rings. The molecule has 0 aliphatic rings. The predicted molar refractivity (Wildman–Crippen MR) is 113 cm³/mol. The van der Waals surface area contributed by atoms with Crippen molar-refractivity contribution in [2.45, 2.75) is 20.8 Å². The molecule has 0 atom stereocenters. The van der Waals surface area contributed by atoms with E-state index >= 15 is 0 Å². The number of carbonyl (C=O) groups excluding carboxylic acids is 2. The molecule has 0 bridgehead atoms. The first-order chi connectivity index (χ1) is 14.0. The number of esters is 2. The summed E-state index contributed by atoms with van der Waals surface area (Å²) in [6, 6.07) is 15.1. The van der Waals surface area contributed by atoms with Crippen LogP contribution >= 0.6 is 0 Å². The molecule has 0 unspecified atom stereocenters. The van der Waals surface area contributed by atoms with Crippen LogP contribution in [0.1, 0.15) is 31.3 Å². The number of ether oxygens (including phenoxy) is 2. The van der Waals surface area contributed by atoms with Crippen molar-refractivity contribution in [2.24, 2.45) is 5.10 Å². The zero-order valence-corrected chi connectivity index (χ0v) is 16.6. The topological polar surface area (TPSA) is 92.8 Å². The number of benzene rings is 2. The fraction of sp³-hybridized carbons (Fsp3) is 0.227. The largest absolute Gasteiger partial charge is 0.461 e. The second kappa shape index (κ2) is 9.05. The molecule has 2 N–H and O–H groups in total. The number of carbonyl (C=O) groups is 2. The van der Waals surface area contributed by atoms with Crippen LogP contribution in [0, 0.1) is 0 Å². The van der Waals surface area contributed by atoms with Crippen LogP contribution in [-0.4, -0.2) is 35.8 Å². The maximum Gasteiger partial charge on any atom is 0.355 e. The molecule has 7 nitrogen and oxygen atoms in total. The molecule has 0 saturated carbocycles. The Morgan fingerprint density at radius 3 is 2.38 bits per heavy atom. The van der Waals surface area contributed by atoms with Crippen molar-refractivity contribution in [3.8, 4) is 11.1 Å². The number of H-pyrrole nitrogens is 1. The lowest BCUT2D eigenvalue weighted by atomic mass is 10.0. The fourth-order valence-electron chi connectivity index (χ4n) is 2.94. The van der Waals surface area contributed by atoms with E-state index in [9.17, 15) is 9.59 Å². The first-order valence-corrected chi connectivity index (χ1v) is 9.40. The standard InChI is InChI=1S/C22H23N3O4/c1-4-28-21(26)14(3)24-25-16-12-10-15(11-13-16)19-17-8-6-7-9-18(17)23-20(19)22(27)29-5-2/h6-13,23,25H,4-5H2,1-3H3. The van der Waals surface area contributed by atoms with Crippen molar-refractivity contribution in [1.82, 2.24) is 4.98 Å². The molecule has 0 spiro atoms. The van der Waals surface area contributed by atoms with E-state index in [4.69, 9.17) is 9.47 Å². The van der Waals surface area contributed by atoms with Gasteiger partial charge in [-0.15, -0.1) is 0 Å². The summed E-state index contributed by atoms with van der Waals surface area (Å²) in [6.07, 6.45) is 0. The van der Waals surface area contributed by atoms with Gasteiger partial charge in [0.2, 0.25) is 0 Å². The minimum atomic E-state index is -0.463. The highest BCUT2D eigenvalue weighted by Gasteiger charge is 2.20. The van der Waals surface area contributed by atoms with E-state index in [-0.39, 0.29) is 5.71 Å². The van der Waals surface area contributed by atoms with Gasteiger partial charge in [0, 0.05) is 16.5 Å². The summed E-state index contributed by atoms with van der Waals surface area (Å²) in [5, 5.41) is 4.97. The fourth-order valence-corrected chi connectivity index (χ4v) is 2.94. The Morgan fingerprint density at radius 1 is 1.00 bits per heavy atom. The molecule has 0 aliphatic heterocycles. The van der Waals surface area contributed by atoms with Gasteiger partial charge < -0.3 is 14.5 Å². The van der Waals surface area contributed by atoms with Gasteiger partial charge in [-0.05, 0) is 44.5 Å². The Balaban J connectivity index is 1.91. The molecular formula is C22H23N3O4. The number of para-hydroxylation sites is 1. The molecule has 0 aliphatic carbocycles. The first-order valence-electron chi connectivity index (χ1n) is 9.40. The SMILES string of the molecule is CCOC(=O)C(C)=NNc1ccc(-c2c(C(=O)OCC)[nH]c3ccccc23)cc1. The number of hydrazone groups is 1. The maximum absolute atomic E-state index is 12.4. The third-order valence-corrected chi connectivity index (χ3v) is 4.28. The number of nitrogens with zero attached hydrogens (tertiary/aromatic N) is 1. The van der Waals surface area contributed by atoms with Crippen molar-refractivity contribution < 1.29 is 19.1 Å². The summed E-state index contributed by atoms with van der Waals surface area (Å²) in [6.45, 7) is 5.70. The lowest BCUT2D eigenvalue weighted by Gasteiger charge is -2.07. The van der Waals surface area contributed by atoms with Crippen molar-refractivity contribution >= 4 is 34.2 Å². The number of aromatic amines is 1. The lowest BCUT2D eigenvalue weighted by Crippen LogP contribution is -2.15. The maximum atomic E-state index is 12.4. The van der Waals surface area contributed by atoms with Crippen LogP contribution < -0.4 is 5.43 Å². The van der Waals surface area contributed by atoms with Crippen molar-refractivity contribution in [3.05, 3.63) is 54.2 Å². The smallest absolute Gasteiger partial charge is 0.355 e. The summed E-state index contributed by atoms with van der Waals surface area (Å²) in [5.41, 5.74) is 6.71. The monoisotopic (exact) mass is 393 g/mol. The molecule has 29 heavy (non-hydrogen) atoms. The van der Waals surface area contributed by atoms with Gasteiger partial charge in [-0.3, -0.25) is 5.43 Å². The highest BCUT2D eigenvalue weighted by atomic mass is 16.5. The molecule has 0 fully saturated rings. The second-order valence-corrected chi connectivity index (χ2v) is 6.25. The number of fused-ring (bicyclic) bond motifs is 1. The van der Waals surface area contributed by atoms with Crippen molar-refractivity contribution in [1.29, 1.82) is 0 Å². The van der Waals surface area contributed by atoms with Crippen LogP contribution in [-0.2, 0) is 14.3 Å². The number of anilines is 1. The van der Waals surface area contributed by atoms with E-state index in [1.165, 1.54) is 0 Å². The quantitative estimate of drug-likeness (QED) is 0.353. The van der Waals surface area contributed by atoms with Crippen LogP contribution in [0.2, 0.25) is 0 Å². The van der Waals surface area contributed by atoms with Gasteiger partial charge in [0.05, 0.1) is 18.9 Å². The molecule has 0 radical (unpaired) electrons. The molecule has 3 rings (SSSR count).